The average Bonchev–Trinajstić information content (AvgIpc) is 2.34. The van der Waals surface area contributed by atoms with E-state index >= 15 is 0 Å². The van der Waals surface area contributed by atoms with Crippen LogP contribution in [0, 0.1) is 25.1 Å². The van der Waals surface area contributed by atoms with Crippen LogP contribution in [0.1, 0.15) is 35.7 Å². The minimum Gasteiger partial charge on any atom is -0.398 e. The van der Waals surface area contributed by atoms with Gasteiger partial charge in [0.2, 0.25) is 0 Å². The smallest absolute Gasteiger partial charge is 0.252 e. The monoisotopic (exact) mass is 248 g/mol. The van der Waals surface area contributed by atoms with Gasteiger partial charge < -0.3 is 11.1 Å². The second-order valence-corrected chi connectivity index (χ2v) is 4.15. The fourth-order valence-electron chi connectivity index (χ4n) is 1.56. The van der Waals surface area contributed by atoms with Crippen LogP contribution in [0.4, 0.5) is 10.1 Å². The zero-order valence-corrected chi connectivity index (χ0v) is 10.6. The third-order valence-electron chi connectivity index (χ3n) is 2.73. The van der Waals surface area contributed by atoms with Crippen LogP contribution in [-0.2, 0) is 0 Å². The Hall–Kier alpha value is -2.02. The van der Waals surface area contributed by atoms with Crippen LogP contribution in [0.5, 0.6) is 0 Å². The molecule has 3 N–H and O–H groups in total. The second kappa shape index (κ2) is 6.06. The van der Waals surface area contributed by atoms with E-state index in [0.717, 1.165) is 6.42 Å². The summed E-state index contributed by atoms with van der Waals surface area (Å²) in [4.78, 5) is 11.9. The number of carbonyl (C=O) groups is 1. The van der Waals surface area contributed by atoms with Gasteiger partial charge in [-0.25, -0.2) is 4.39 Å². The Balaban J connectivity index is 2.88. The molecule has 0 spiro atoms. The predicted molar refractivity (Wildman–Crippen MR) is 70.5 cm³/mol. The van der Waals surface area contributed by atoms with Gasteiger partial charge in [0, 0.05) is 16.8 Å². The van der Waals surface area contributed by atoms with E-state index < -0.39 is 11.7 Å². The molecule has 1 atom stereocenters. The van der Waals surface area contributed by atoms with Crippen LogP contribution in [0.3, 0.4) is 0 Å². The summed E-state index contributed by atoms with van der Waals surface area (Å²) < 4.78 is 13.5. The third kappa shape index (κ3) is 3.24. The number of nitrogens with one attached hydrogen (secondary N) is 1. The first-order valence-electron chi connectivity index (χ1n) is 5.82. The van der Waals surface area contributed by atoms with Gasteiger partial charge in [0.1, 0.15) is 5.82 Å². The number of carbonyl (C=O) groups excluding carboxylic acids is 1. The number of rotatable bonds is 4. The predicted octanol–water partition coefficient (Wildman–Crippen LogP) is 2.25. The lowest BCUT2D eigenvalue weighted by atomic mass is 10.1. The SMILES string of the molecule is C#CC(CCC)NC(=O)c1cc(N)c(C)c(F)c1. The van der Waals surface area contributed by atoms with E-state index in [2.05, 4.69) is 11.2 Å². The molecule has 0 saturated carbocycles. The largest absolute Gasteiger partial charge is 0.398 e. The summed E-state index contributed by atoms with van der Waals surface area (Å²) >= 11 is 0. The average molecular weight is 248 g/mol. The van der Waals surface area contributed by atoms with E-state index in [9.17, 15) is 9.18 Å². The van der Waals surface area contributed by atoms with Crippen molar-refractivity contribution in [1.82, 2.24) is 5.32 Å². The second-order valence-electron chi connectivity index (χ2n) is 4.15. The lowest BCUT2D eigenvalue weighted by Gasteiger charge is -2.13. The van der Waals surface area contributed by atoms with Crippen LogP contribution >= 0.6 is 0 Å². The molecule has 0 bridgehead atoms. The Bertz CT molecular complexity index is 468. The van der Waals surface area contributed by atoms with Gasteiger partial charge in [-0.2, -0.15) is 0 Å². The first-order valence-corrected chi connectivity index (χ1v) is 5.82. The molecule has 96 valence electrons. The normalized spacial score (nSPS) is 11.7. The van der Waals surface area contributed by atoms with Crippen molar-refractivity contribution in [1.29, 1.82) is 0 Å². The number of amides is 1. The van der Waals surface area contributed by atoms with Crippen LogP contribution in [0.25, 0.3) is 0 Å². The zero-order chi connectivity index (χ0) is 13.7. The molecule has 0 aliphatic rings. The van der Waals surface area contributed by atoms with Crippen molar-refractivity contribution in [2.24, 2.45) is 0 Å². The van der Waals surface area contributed by atoms with Crippen LogP contribution in [-0.4, -0.2) is 11.9 Å². The Morgan fingerprint density at radius 2 is 2.28 bits per heavy atom. The summed E-state index contributed by atoms with van der Waals surface area (Å²) in [6, 6.07) is 2.28. The molecule has 0 aliphatic carbocycles. The Kier molecular flexibility index (Phi) is 4.73. The maximum Gasteiger partial charge on any atom is 0.252 e. The highest BCUT2D eigenvalue weighted by Gasteiger charge is 2.13. The van der Waals surface area contributed by atoms with E-state index in [4.69, 9.17) is 12.2 Å². The lowest BCUT2D eigenvalue weighted by Crippen LogP contribution is -2.33. The van der Waals surface area contributed by atoms with Gasteiger partial charge in [-0.15, -0.1) is 6.42 Å². The molecule has 1 aromatic rings. The van der Waals surface area contributed by atoms with E-state index in [1.54, 1.807) is 6.92 Å². The minimum absolute atomic E-state index is 0.187. The topological polar surface area (TPSA) is 55.1 Å². The molecule has 4 heteroatoms. The fraction of sp³-hybridized carbons (Fsp3) is 0.357. The molecule has 1 rings (SSSR count). The molecule has 18 heavy (non-hydrogen) atoms. The number of benzene rings is 1. The summed E-state index contributed by atoms with van der Waals surface area (Å²) in [6.45, 7) is 3.54. The van der Waals surface area contributed by atoms with Crippen LogP contribution in [0.15, 0.2) is 12.1 Å². The molecule has 0 radical (unpaired) electrons. The summed E-state index contributed by atoms with van der Waals surface area (Å²) in [5.74, 6) is 1.59. The van der Waals surface area contributed by atoms with Gasteiger partial charge in [-0.3, -0.25) is 4.79 Å². The highest BCUT2D eigenvalue weighted by atomic mass is 19.1. The quantitative estimate of drug-likeness (QED) is 0.634. The Morgan fingerprint density at radius 3 is 2.78 bits per heavy atom. The molecular weight excluding hydrogens is 231 g/mol. The third-order valence-corrected chi connectivity index (χ3v) is 2.73. The molecule has 0 saturated heterocycles. The van der Waals surface area contributed by atoms with E-state index in [0.29, 0.717) is 12.0 Å². The van der Waals surface area contributed by atoms with Crippen molar-refractivity contribution < 1.29 is 9.18 Å². The number of anilines is 1. The highest BCUT2D eigenvalue weighted by molar-refractivity contribution is 5.95. The van der Waals surface area contributed by atoms with Gasteiger partial charge in [0.25, 0.3) is 5.91 Å². The van der Waals surface area contributed by atoms with Gasteiger partial charge >= 0.3 is 0 Å². The number of nitrogen functional groups attached to an aromatic ring is 1. The number of hydrogen-bond acceptors (Lipinski definition) is 2. The number of nitrogens with two attached hydrogens (primary N) is 1. The molecule has 0 heterocycles. The van der Waals surface area contributed by atoms with Crippen molar-refractivity contribution in [3.63, 3.8) is 0 Å². The standard InChI is InChI=1S/C14H17FN2O/c1-4-6-11(5-2)17-14(18)10-7-12(15)9(3)13(16)8-10/h2,7-8,11H,4,6,16H2,1,3H3,(H,17,18). The first kappa shape index (κ1) is 14.0. The molecule has 0 aliphatic heterocycles. The van der Waals surface area contributed by atoms with Gasteiger partial charge in [0.15, 0.2) is 0 Å². The number of hydrogen-bond donors (Lipinski definition) is 2. The molecule has 1 aromatic carbocycles. The molecule has 0 aromatic heterocycles. The Morgan fingerprint density at radius 1 is 1.61 bits per heavy atom. The first-order chi connectivity index (χ1) is 8.49. The minimum atomic E-state index is -0.493. The van der Waals surface area contributed by atoms with Crippen molar-refractivity contribution in [3.05, 3.63) is 29.1 Å². The van der Waals surface area contributed by atoms with Crippen LogP contribution in [0.2, 0.25) is 0 Å². The van der Waals surface area contributed by atoms with Crippen LogP contribution < -0.4 is 11.1 Å². The summed E-state index contributed by atoms with van der Waals surface area (Å²) in [5, 5.41) is 2.66. The Labute approximate surface area is 107 Å². The van der Waals surface area contributed by atoms with E-state index in [-0.39, 0.29) is 17.3 Å². The maximum absolute atomic E-state index is 13.5. The van der Waals surface area contributed by atoms with Crippen molar-refractivity contribution in [3.8, 4) is 12.3 Å². The number of terminal acetylenes is 1. The van der Waals surface area contributed by atoms with Gasteiger partial charge in [0.05, 0.1) is 6.04 Å². The lowest BCUT2D eigenvalue weighted by molar-refractivity contribution is 0.0944. The molecule has 1 unspecified atom stereocenters. The zero-order valence-electron chi connectivity index (χ0n) is 10.6. The molecular formula is C14H17FN2O. The van der Waals surface area contributed by atoms with Gasteiger partial charge in [-0.1, -0.05) is 19.3 Å². The van der Waals surface area contributed by atoms with Crippen molar-refractivity contribution in [2.75, 3.05) is 5.73 Å². The van der Waals surface area contributed by atoms with Crippen molar-refractivity contribution >= 4 is 11.6 Å². The van der Waals surface area contributed by atoms with Crippen molar-refractivity contribution in [2.45, 2.75) is 32.7 Å². The summed E-state index contributed by atoms with van der Waals surface area (Å²) in [7, 11) is 0. The maximum atomic E-state index is 13.5. The van der Waals surface area contributed by atoms with E-state index in [1.807, 2.05) is 6.92 Å². The molecule has 0 fully saturated rings. The molecule has 3 nitrogen and oxygen atoms in total. The van der Waals surface area contributed by atoms with Gasteiger partial charge in [-0.05, 0) is 25.5 Å². The summed E-state index contributed by atoms with van der Waals surface area (Å²) in [5.41, 5.74) is 6.41. The van der Waals surface area contributed by atoms with E-state index in [1.165, 1.54) is 12.1 Å². The summed E-state index contributed by atoms with van der Waals surface area (Å²) in [6.07, 6.45) is 6.85. The highest BCUT2D eigenvalue weighted by Crippen LogP contribution is 2.17. The fourth-order valence-corrected chi connectivity index (χ4v) is 1.56. The number of halogens is 1. The molecule has 1 amide bonds.